The van der Waals surface area contributed by atoms with Gasteiger partial charge >= 0.3 is 0 Å². The van der Waals surface area contributed by atoms with Crippen LogP contribution in [-0.4, -0.2) is 69.2 Å². The Morgan fingerprint density at radius 3 is 2.79 bits per heavy atom. The molecule has 1 amide bonds. The molecule has 6 heteroatoms. The first-order valence-corrected chi connectivity index (χ1v) is 4.69. The standard InChI is InChI=1S/C8H14N2O4/c11-4-5-8(14)6(12)3-10-7(13)1-2-9(5)10/h5-6,8,11-12,14H,1-4H2/t5-,6-,8-/m1/s1. The van der Waals surface area contributed by atoms with Crippen LogP contribution in [0.1, 0.15) is 6.42 Å². The molecule has 14 heavy (non-hydrogen) atoms. The molecule has 3 N–H and O–H groups in total. The average molecular weight is 202 g/mol. The minimum atomic E-state index is -0.984. The van der Waals surface area contributed by atoms with Crippen LogP contribution in [0.4, 0.5) is 0 Å². The van der Waals surface area contributed by atoms with Crippen molar-refractivity contribution in [2.24, 2.45) is 0 Å². The van der Waals surface area contributed by atoms with Crippen LogP contribution in [0.2, 0.25) is 0 Å². The number of nitrogens with zero attached hydrogens (tertiary/aromatic N) is 2. The van der Waals surface area contributed by atoms with Crippen molar-refractivity contribution >= 4 is 5.91 Å². The van der Waals surface area contributed by atoms with Gasteiger partial charge in [0.2, 0.25) is 5.91 Å². The number of fused-ring (bicyclic) bond motifs is 1. The third-order valence-electron chi connectivity index (χ3n) is 2.87. The summed E-state index contributed by atoms with van der Waals surface area (Å²) >= 11 is 0. The SMILES string of the molecule is O=C1CCN2[C@H](CO)[C@@H](O)[C@H](O)CN12. The molecule has 0 aromatic carbocycles. The van der Waals surface area contributed by atoms with Crippen molar-refractivity contribution in [1.82, 2.24) is 10.0 Å². The second-order valence-electron chi connectivity index (χ2n) is 3.70. The number of carbonyl (C=O) groups excluding carboxylic acids is 1. The van der Waals surface area contributed by atoms with Crippen LogP contribution < -0.4 is 0 Å². The molecule has 2 saturated heterocycles. The van der Waals surface area contributed by atoms with E-state index in [0.717, 1.165) is 0 Å². The van der Waals surface area contributed by atoms with Crippen LogP contribution in [0.3, 0.4) is 0 Å². The summed E-state index contributed by atoms with van der Waals surface area (Å²) in [5, 5.41) is 31.2. The maximum atomic E-state index is 11.3. The normalized spacial score (nSPS) is 38.9. The van der Waals surface area contributed by atoms with Crippen molar-refractivity contribution < 1.29 is 20.1 Å². The molecule has 6 nitrogen and oxygen atoms in total. The summed E-state index contributed by atoms with van der Waals surface area (Å²) in [4.78, 5) is 11.3. The van der Waals surface area contributed by atoms with Crippen molar-refractivity contribution in [2.45, 2.75) is 24.7 Å². The van der Waals surface area contributed by atoms with E-state index in [-0.39, 0.29) is 19.1 Å². The summed E-state index contributed by atoms with van der Waals surface area (Å²) < 4.78 is 0. The van der Waals surface area contributed by atoms with Crippen LogP contribution >= 0.6 is 0 Å². The van der Waals surface area contributed by atoms with Gasteiger partial charge in [-0.25, -0.2) is 5.01 Å². The van der Waals surface area contributed by atoms with Gasteiger partial charge < -0.3 is 15.3 Å². The number of amides is 1. The van der Waals surface area contributed by atoms with Crippen LogP contribution in [0, 0.1) is 0 Å². The predicted molar refractivity (Wildman–Crippen MR) is 45.9 cm³/mol. The average Bonchev–Trinajstić information content (AvgIpc) is 2.51. The highest BCUT2D eigenvalue weighted by Gasteiger charge is 2.45. The van der Waals surface area contributed by atoms with E-state index in [9.17, 15) is 15.0 Å². The van der Waals surface area contributed by atoms with E-state index in [2.05, 4.69) is 0 Å². The number of rotatable bonds is 1. The van der Waals surface area contributed by atoms with Gasteiger partial charge in [-0.3, -0.25) is 9.80 Å². The highest BCUT2D eigenvalue weighted by Crippen LogP contribution is 2.24. The van der Waals surface area contributed by atoms with E-state index in [1.54, 1.807) is 5.01 Å². The zero-order valence-electron chi connectivity index (χ0n) is 7.70. The van der Waals surface area contributed by atoms with Gasteiger partial charge in [-0.1, -0.05) is 0 Å². The van der Waals surface area contributed by atoms with Gasteiger partial charge in [-0.05, 0) is 0 Å². The molecule has 2 fully saturated rings. The molecule has 80 valence electrons. The number of hydrogen-bond acceptors (Lipinski definition) is 5. The first kappa shape index (κ1) is 9.85. The maximum absolute atomic E-state index is 11.3. The van der Waals surface area contributed by atoms with Gasteiger partial charge in [0.25, 0.3) is 0 Å². The van der Waals surface area contributed by atoms with Crippen LogP contribution in [-0.2, 0) is 4.79 Å². The zero-order chi connectivity index (χ0) is 10.3. The molecular formula is C8H14N2O4. The molecule has 2 heterocycles. The van der Waals surface area contributed by atoms with E-state index in [0.29, 0.717) is 13.0 Å². The van der Waals surface area contributed by atoms with Crippen molar-refractivity contribution in [3.8, 4) is 0 Å². The van der Waals surface area contributed by atoms with Gasteiger partial charge in [0.1, 0.15) is 12.2 Å². The summed E-state index contributed by atoms with van der Waals surface area (Å²) in [5.74, 6) is -0.0607. The quantitative estimate of drug-likeness (QED) is 0.439. The minimum Gasteiger partial charge on any atom is -0.395 e. The van der Waals surface area contributed by atoms with Crippen molar-refractivity contribution in [3.63, 3.8) is 0 Å². The lowest BCUT2D eigenvalue weighted by atomic mass is 10.0. The lowest BCUT2D eigenvalue weighted by Crippen LogP contribution is -2.63. The van der Waals surface area contributed by atoms with E-state index >= 15 is 0 Å². The molecule has 0 radical (unpaired) electrons. The Hall–Kier alpha value is -0.690. The van der Waals surface area contributed by atoms with E-state index in [1.807, 2.05) is 0 Å². The van der Waals surface area contributed by atoms with E-state index in [1.165, 1.54) is 5.01 Å². The van der Waals surface area contributed by atoms with E-state index in [4.69, 9.17) is 5.11 Å². The van der Waals surface area contributed by atoms with Crippen LogP contribution in [0.5, 0.6) is 0 Å². The third kappa shape index (κ3) is 1.31. The second kappa shape index (κ2) is 3.47. The Labute approximate surface area is 81.3 Å². The fourth-order valence-electron chi connectivity index (χ4n) is 2.07. The number of aliphatic hydroxyl groups is 3. The Bertz CT molecular complexity index is 247. The highest BCUT2D eigenvalue weighted by molar-refractivity contribution is 5.77. The molecule has 0 aromatic rings. The monoisotopic (exact) mass is 202 g/mol. The second-order valence-corrected chi connectivity index (χ2v) is 3.70. The highest BCUT2D eigenvalue weighted by atomic mass is 16.3. The lowest BCUT2D eigenvalue weighted by Gasteiger charge is -2.43. The van der Waals surface area contributed by atoms with Gasteiger partial charge in [0, 0.05) is 13.0 Å². The van der Waals surface area contributed by atoms with Gasteiger partial charge in [0.15, 0.2) is 0 Å². The molecule has 2 rings (SSSR count). The van der Waals surface area contributed by atoms with E-state index < -0.39 is 18.2 Å². The topological polar surface area (TPSA) is 84.2 Å². The Morgan fingerprint density at radius 2 is 2.14 bits per heavy atom. The Morgan fingerprint density at radius 1 is 1.43 bits per heavy atom. The smallest absolute Gasteiger partial charge is 0.238 e. The number of hydrogen-bond donors (Lipinski definition) is 3. The predicted octanol–water partition coefficient (Wildman–Crippen LogP) is -2.47. The largest absolute Gasteiger partial charge is 0.395 e. The maximum Gasteiger partial charge on any atom is 0.238 e. The molecule has 0 saturated carbocycles. The van der Waals surface area contributed by atoms with Gasteiger partial charge in [-0.15, -0.1) is 0 Å². The summed E-state index contributed by atoms with van der Waals surface area (Å²) in [6, 6.07) is -0.565. The van der Waals surface area contributed by atoms with Crippen molar-refractivity contribution in [2.75, 3.05) is 19.7 Å². The molecule has 2 aliphatic heterocycles. The molecule has 2 aliphatic rings. The summed E-state index contributed by atoms with van der Waals surface area (Å²) in [6.07, 6.45) is -1.57. The third-order valence-corrected chi connectivity index (χ3v) is 2.87. The molecular weight excluding hydrogens is 188 g/mol. The van der Waals surface area contributed by atoms with Crippen molar-refractivity contribution in [3.05, 3.63) is 0 Å². The summed E-state index contributed by atoms with van der Waals surface area (Å²) in [5.41, 5.74) is 0. The Balaban J connectivity index is 2.19. The molecule has 0 aromatic heterocycles. The first-order valence-electron chi connectivity index (χ1n) is 4.69. The number of carbonyl (C=O) groups is 1. The molecule has 3 atom stereocenters. The molecule has 0 aliphatic carbocycles. The fraction of sp³-hybridized carbons (Fsp3) is 0.875. The minimum absolute atomic E-state index is 0.0607. The first-order chi connectivity index (χ1) is 6.65. The molecule has 0 spiro atoms. The fourth-order valence-corrected chi connectivity index (χ4v) is 2.07. The lowest BCUT2D eigenvalue weighted by molar-refractivity contribution is -0.182. The number of hydrazine groups is 1. The van der Waals surface area contributed by atoms with Crippen LogP contribution in [0.25, 0.3) is 0 Å². The summed E-state index contributed by atoms with van der Waals surface area (Å²) in [7, 11) is 0. The summed E-state index contributed by atoms with van der Waals surface area (Å²) in [6.45, 7) is 0.367. The van der Waals surface area contributed by atoms with Gasteiger partial charge in [0.05, 0.1) is 19.2 Å². The van der Waals surface area contributed by atoms with Crippen molar-refractivity contribution in [1.29, 1.82) is 0 Å². The Kier molecular flexibility index (Phi) is 2.44. The molecule has 0 unspecified atom stereocenters. The number of aliphatic hydroxyl groups excluding tert-OH is 3. The zero-order valence-corrected chi connectivity index (χ0v) is 7.70. The van der Waals surface area contributed by atoms with Crippen LogP contribution in [0.15, 0.2) is 0 Å². The van der Waals surface area contributed by atoms with Gasteiger partial charge in [-0.2, -0.15) is 0 Å². The molecule has 0 bridgehead atoms.